The number of hydrogen-bond donors (Lipinski definition) is 1. The number of rotatable bonds is 3. The lowest BCUT2D eigenvalue weighted by atomic mass is 10.1. The summed E-state index contributed by atoms with van der Waals surface area (Å²) < 4.78 is 15.0. The van der Waals surface area contributed by atoms with Gasteiger partial charge in [0, 0.05) is 25.1 Å². The Balaban J connectivity index is 1.62. The number of aromatic nitrogens is 2. The van der Waals surface area contributed by atoms with E-state index >= 15 is 0 Å². The van der Waals surface area contributed by atoms with Gasteiger partial charge in [0.2, 0.25) is 0 Å². The number of carbonyl (C=O) groups is 3. The zero-order valence-electron chi connectivity index (χ0n) is 14.4. The Kier molecular flexibility index (Phi) is 4.20. The number of fused-ring (bicyclic) bond motifs is 1. The zero-order valence-corrected chi connectivity index (χ0v) is 15.2. The average molecular weight is 399 g/mol. The molecule has 140 valence electrons. The molecule has 9 heteroatoms. The molecule has 0 radical (unpaired) electrons. The number of imide groups is 1. The maximum Gasteiger partial charge on any atom is 0.291 e. The Labute approximate surface area is 163 Å². The third kappa shape index (κ3) is 2.84. The first-order valence-electron chi connectivity index (χ1n) is 8.13. The van der Waals surface area contributed by atoms with Crippen LogP contribution in [0.25, 0.3) is 0 Å². The number of imidazole rings is 1. The zero-order chi connectivity index (χ0) is 20.0. The van der Waals surface area contributed by atoms with E-state index in [0.29, 0.717) is 5.69 Å². The fourth-order valence-corrected chi connectivity index (χ4v) is 3.23. The van der Waals surface area contributed by atoms with Crippen LogP contribution < -0.4 is 10.2 Å². The molecule has 2 heterocycles. The van der Waals surface area contributed by atoms with E-state index < -0.39 is 23.5 Å². The number of nitrogens with zero attached hydrogens (tertiary/aromatic N) is 3. The second-order valence-electron chi connectivity index (χ2n) is 6.12. The van der Waals surface area contributed by atoms with Gasteiger partial charge in [-0.1, -0.05) is 11.6 Å². The third-order valence-corrected chi connectivity index (χ3v) is 4.62. The summed E-state index contributed by atoms with van der Waals surface area (Å²) in [6, 6.07) is 7.76. The first kappa shape index (κ1) is 17.9. The van der Waals surface area contributed by atoms with Crippen molar-refractivity contribution >= 4 is 40.7 Å². The Morgan fingerprint density at radius 1 is 1.11 bits per heavy atom. The number of amides is 3. The monoisotopic (exact) mass is 398 g/mol. The van der Waals surface area contributed by atoms with Gasteiger partial charge in [0.25, 0.3) is 17.7 Å². The van der Waals surface area contributed by atoms with Crippen molar-refractivity contribution in [2.45, 2.75) is 0 Å². The van der Waals surface area contributed by atoms with Crippen molar-refractivity contribution < 1.29 is 18.8 Å². The molecule has 0 saturated carbocycles. The smallest absolute Gasteiger partial charge is 0.291 e. The molecule has 3 aromatic rings. The van der Waals surface area contributed by atoms with Gasteiger partial charge < -0.3 is 9.88 Å². The van der Waals surface area contributed by atoms with Gasteiger partial charge in [0.1, 0.15) is 5.82 Å². The molecule has 2 aromatic carbocycles. The lowest BCUT2D eigenvalue weighted by molar-refractivity contribution is 0.0924. The number of benzene rings is 2. The molecular formula is C19H12ClFN4O3. The van der Waals surface area contributed by atoms with Gasteiger partial charge in [-0.25, -0.2) is 14.3 Å². The topological polar surface area (TPSA) is 84.3 Å². The van der Waals surface area contributed by atoms with Crippen molar-refractivity contribution in [3.05, 3.63) is 76.6 Å². The average Bonchev–Trinajstić information content (AvgIpc) is 3.18. The number of halogens is 2. The Morgan fingerprint density at radius 3 is 2.54 bits per heavy atom. The maximum absolute atomic E-state index is 13.4. The van der Waals surface area contributed by atoms with Gasteiger partial charge in [0.05, 0.1) is 21.8 Å². The molecule has 7 nitrogen and oxygen atoms in total. The second-order valence-corrected chi connectivity index (χ2v) is 6.52. The van der Waals surface area contributed by atoms with Crippen LogP contribution >= 0.6 is 11.6 Å². The maximum atomic E-state index is 13.4. The van der Waals surface area contributed by atoms with Crippen LogP contribution in [0.3, 0.4) is 0 Å². The summed E-state index contributed by atoms with van der Waals surface area (Å²) in [5.41, 5.74) is 0.593. The predicted molar refractivity (Wildman–Crippen MR) is 100 cm³/mol. The summed E-state index contributed by atoms with van der Waals surface area (Å²) >= 11 is 6.26. The Hall–Kier alpha value is -3.52. The van der Waals surface area contributed by atoms with Crippen LogP contribution in [0.5, 0.6) is 0 Å². The van der Waals surface area contributed by atoms with E-state index in [1.165, 1.54) is 30.5 Å². The molecule has 0 aliphatic carbocycles. The highest BCUT2D eigenvalue weighted by atomic mass is 35.5. The molecule has 0 fully saturated rings. The quantitative estimate of drug-likeness (QED) is 0.686. The number of aryl methyl sites for hydroxylation is 1. The van der Waals surface area contributed by atoms with Crippen molar-refractivity contribution in [1.82, 2.24) is 9.55 Å². The van der Waals surface area contributed by atoms with Gasteiger partial charge in [-0.3, -0.25) is 14.4 Å². The van der Waals surface area contributed by atoms with Crippen LogP contribution in [0.1, 0.15) is 31.3 Å². The number of hydrogen-bond acceptors (Lipinski definition) is 4. The molecule has 28 heavy (non-hydrogen) atoms. The third-order valence-electron chi connectivity index (χ3n) is 4.32. The summed E-state index contributed by atoms with van der Waals surface area (Å²) in [5, 5.41) is 2.72. The van der Waals surface area contributed by atoms with Crippen molar-refractivity contribution in [2.75, 3.05) is 10.2 Å². The normalized spacial score (nSPS) is 13.0. The SMILES string of the molecule is Cn1ccnc1C(=O)Nc1ccc(N2C(=O)c3ccc(F)cc3C2=O)c(Cl)c1. The van der Waals surface area contributed by atoms with Crippen LogP contribution in [-0.2, 0) is 7.05 Å². The van der Waals surface area contributed by atoms with E-state index in [-0.39, 0.29) is 27.7 Å². The number of anilines is 2. The van der Waals surface area contributed by atoms with Crippen molar-refractivity contribution in [3.63, 3.8) is 0 Å². The summed E-state index contributed by atoms with van der Waals surface area (Å²) in [6.45, 7) is 0. The molecule has 3 amide bonds. The molecule has 4 rings (SSSR count). The molecule has 1 aliphatic rings. The second kappa shape index (κ2) is 6.58. The van der Waals surface area contributed by atoms with E-state index in [4.69, 9.17) is 11.6 Å². The fourth-order valence-electron chi connectivity index (χ4n) is 2.97. The highest BCUT2D eigenvalue weighted by Crippen LogP contribution is 2.35. The van der Waals surface area contributed by atoms with E-state index in [1.807, 2.05) is 0 Å². The minimum atomic E-state index is -0.661. The van der Waals surface area contributed by atoms with Crippen LogP contribution in [0.2, 0.25) is 5.02 Å². The van der Waals surface area contributed by atoms with Crippen LogP contribution in [0.4, 0.5) is 15.8 Å². The van der Waals surface area contributed by atoms with Crippen LogP contribution in [0, 0.1) is 5.82 Å². The summed E-state index contributed by atoms with van der Waals surface area (Å²) in [4.78, 5) is 42.2. The van der Waals surface area contributed by atoms with Crippen molar-refractivity contribution in [2.24, 2.45) is 7.05 Å². The van der Waals surface area contributed by atoms with Gasteiger partial charge in [-0.15, -0.1) is 0 Å². The first-order valence-corrected chi connectivity index (χ1v) is 8.51. The van der Waals surface area contributed by atoms with E-state index in [9.17, 15) is 18.8 Å². The summed E-state index contributed by atoms with van der Waals surface area (Å²) in [6.07, 6.45) is 3.13. The van der Waals surface area contributed by atoms with Crippen LogP contribution in [0.15, 0.2) is 48.8 Å². The number of nitrogens with one attached hydrogen (secondary N) is 1. The van der Waals surface area contributed by atoms with Crippen LogP contribution in [-0.4, -0.2) is 27.3 Å². The lowest BCUT2D eigenvalue weighted by Crippen LogP contribution is -2.29. The molecule has 1 aromatic heterocycles. The van der Waals surface area contributed by atoms with E-state index in [0.717, 1.165) is 17.0 Å². The van der Waals surface area contributed by atoms with Crippen molar-refractivity contribution in [1.29, 1.82) is 0 Å². The fraction of sp³-hybridized carbons (Fsp3) is 0.0526. The molecule has 0 atom stereocenters. The minimum absolute atomic E-state index is 0.0202. The predicted octanol–water partition coefficient (Wildman–Crippen LogP) is 3.27. The summed E-state index contributed by atoms with van der Waals surface area (Å²) in [7, 11) is 1.68. The molecule has 0 unspecified atom stereocenters. The lowest BCUT2D eigenvalue weighted by Gasteiger charge is -2.16. The first-order chi connectivity index (χ1) is 13.4. The van der Waals surface area contributed by atoms with Gasteiger partial charge in [-0.2, -0.15) is 0 Å². The van der Waals surface area contributed by atoms with E-state index in [1.54, 1.807) is 17.8 Å². The summed E-state index contributed by atoms with van der Waals surface area (Å²) in [5.74, 6) is -2.09. The molecular weight excluding hydrogens is 387 g/mol. The molecule has 0 spiro atoms. The van der Waals surface area contributed by atoms with Gasteiger partial charge in [-0.05, 0) is 36.4 Å². The number of carbonyl (C=O) groups excluding carboxylic acids is 3. The van der Waals surface area contributed by atoms with Gasteiger partial charge >= 0.3 is 0 Å². The highest BCUT2D eigenvalue weighted by Gasteiger charge is 2.37. The minimum Gasteiger partial charge on any atom is -0.330 e. The Morgan fingerprint density at radius 2 is 1.86 bits per heavy atom. The highest BCUT2D eigenvalue weighted by molar-refractivity contribution is 6.40. The standard InChI is InChI=1S/C19H12ClFN4O3/c1-24-7-6-22-16(24)17(26)23-11-3-5-15(14(20)9-11)25-18(27)12-4-2-10(21)8-13(12)19(25)28/h2-9H,1H3,(H,23,26). The largest absolute Gasteiger partial charge is 0.330 e. The van der Waals surface area contributed by atoms with E-state index in [2.05, 4.69) is 10.3 Å². The molecule has 1 aliphatic heterocycles. The molecule has 0 bridgehead atoms. The molecule has 0 saturated heterocycles. The molecule has 1 N–H and O–H groups in total. The van der Waals surface area contributed by atoms with Gasteiger partial charge in [0.15, 0.2) is 5.82 Å². The van der Waals surface area contributed by atoms with Crippen molar-refractivity contribution in [3.8, 4) is 0 Å². The Bertz CT molecular complexity index is 1160.